The Kier molecular flexibility index (Phi) is 2.98. The summed E-state index contributed by atoms with van der Waals surface area (Å²) < 4.78 is 15.1. The van der Waals surface area contributed by atoms with Gasteiger partial charge >= 0.3 is 0 Å². The molecule has 1 heterocycles. The molecule has 3 nitrogen and oxygen atoms in total. The van der Waals surface area contributed by atoms with Crippen LogP contribution in [0.25, 0.3) is 16.7 Å². The molecule has 0 saturated heterocycles. The molecule has 90 valence electrons. The van der Waals surface area contributed by atoms with Crippen LogP contribution in [0.1, 0.15) is 25.7 Å². The van der Waals surface area contributed by atoms with E-state index >= 15 is 0 Å². The van der Waals surface area contributed by atoms with Gasteiger partial charge in [-0.1, -0.05) is 6.58 Å². The van der Waals surface area contributed by atoms with Crippen LogP contribution in [0.15, 0.2) is 24.8 Å². The van der Waals surface area contributed by atoms with Crippen LogP contribution < -0.4 is 5.32 Å². The summed E-state index contributed by atoms with van der Waals surface area (Å²) in [5.74, 6) is 0.577. The second-order valence-corrected chi connectivity index (χ2v) is 4.18. The van der Waals surface area contributed by atoms with Gasteiger partial charge < -0.3 is 5.32 Å². The Labute approximate surface area is 100.0 Å². The van der Waals surface area contributed by atoms with Crippen molar-refractivity contribution < 1.29 is 4.39 Å². The van der Waals surface area contributed by atoms with Crippen molar-refractivity contribution in [3.63, 3.8) is 0 Å². The lowest BCUT2D eigenvalue weighted by molar-refractivity contribution is 0.606. The minimum Gasteiger partial charge on any atom is -0.311 e. The fraction of sp³-hybridized carbons (Fsp3) is 0.308. The summed E-state index contributed by atoms with van der Waals surface area (Å²) in [4.78, 5) is 4.47. The molecular weight excluding hydrogens is 217 g/mol. The standard InChI is InChI=1S/C13H16FN3/c1-8(2)17-12-6-5-10(14)7-11(12)16-13(17)9(3)15-4/h5-7,9,15H,1H2,2-4H3. The maximum atomic E-state index is 13.2. The third-order valence-corrected chi connectivity index (χ3v) is 2.84. The Morgan fingerprint density at radius 1 is 1.53 bits per heavy atom. The summed E-state index contributed by atoms with van der Waals surface area (Å²) >= 11 is 0. The molecule has 1 N–H and O–H groups in total. The Morgan fingerprint density at radius 3 is 2.82 bits per heavy atom. The average Bonchev–Trinajstić information content (AvgIpc) is 2.66. The van der Waals surface area contributed by atoms with E-state index in [2.05, 4.69) is 16.9 Å². The number of hydrogen-bond acceptors (Lipinski definition) is 2. The van der Waals surface area contributed by atoms with E-state index < -0.39 is 0 Å². The van der Waals surface area contributed by atoms with Crippen LogP contribution in [0.4, 0.5) is 4.39 Å². The fourth-order valence-corrected chi connectivity index (χ4v) is 1.89. The molecule has 0 fully saturated rings. The third-order valence-electron chi connectivity index (χ3n) is 2.84. The second kappa shape index (κ2) is 4.30. The number of aromatic nitrogens is 2. The molecule has 0 spiro atoms. The van der Waals surface area contributed by atoms with Crippen LogP contribution in [0, 0.1) is 5.82 Å². The Bertz CT molecular complexity index is 571. The van der Waals surface area contributed by atoms with Gasteiger partial charge in [0.25, 0.3) is 0 Å². The largest absolute Gasteiger partial charge is 0.311 e. The molecule has 17 heavy (non-hydrogen) atoms. The molecule has 1 aromatic carbocycles. The summed E-state index contributed by atoms with van der Waals surface area (Å²) in [5, 5.41) is 3.13. The lowest BCUT2D eigenvalue weighted by Crippen LogP contribution is -2.17. The van der Waals surface area contributed by atoms with Crippen molar-refractivity contribution in [1.82, 2.24) is 14.9 Å². The van der Waals surface area contributed by atoms with Crippen LogP contribution >= 0.6 is 0 Å². The molecule has 1 unspecified atom stereocenters. The van der Waals surface area contributed by atoms with E-state index in [0.717, 1.165) is 17.0 Å². The van der Waals surface area contributed by atoms with E-state index in [9.17, 15) is 4.39 Å². The predicted octanol–water partition coefficient (Wildman–Crippen LogP) is 2.95. The molecule has 0 bridgehead atoms. The number of benzene rings is 1. The molecule has 0 radical (unpaired) electrons. The lowest BCUT2D eigenvalue weighted by atomic mass is 10.3. The Hall–Kier alpha value is -1.68. The van der Waals surface area contributed by atoms with Crippen molar-refractivity contribution in [2.45, 2.75) is 19.9 Å². The quantitative estimate of drug-likeness (QED) is 0.883. The zero-order valence-electron chi connectivity index (χ0n) is 10.3. The molecule has 4 heteroatoms. The van der Waals surface area contributed by atoms with Crippen LogP contribution in [0.5, 0.6) is 0 Å². The van der Waals surface area contributed by atoms with Gasteiger partial charge in [-0.3, -0.25) is 4.57 Å². The molecule has 2 aromatic rings. The highest BCUT2D eigenvalue weighted by molar-refractivity contribution is 5.79. The number of halogens is 1. The topological polar surface area (TPSA) is 29.9 Å². The van der Waals surface area contributed by atoms with Crippen molar-refractivity contribution in [3.8, 4) is 0 Å². The molecule has 0 aliphatic rings. The monoisotopic (exact) mass is 233 g/mol. The minimum absolute atomic E-state index is 0.0853. The van der Waals surface area contributed by atoms with E-state index in [1.54, 1.807) is 6.07 Å². The highest BCUT2D eigenvalue weighted by atomic mass is 19.1. The molecule has 0 aliphatic heterocycles. The van der Waals surface area contributed by atoms with Gasteiger partial charge in [0.05, 0.1) is 17.1 Å². The number of rotatable bonds is 3. The summed E-state index contributed by atoms with van der Waals surface area (Å²) in [7, 11) is 1.87. The van der Waals surface area contributed by atoms with Gasteiger partial charge in [0.1, 0.15) is 11.6 Å². The summed E-state index contributed by atoms with van der Waals surface area (Å²) in [6.07, 6.45) is 0. The van der Waals surface area contributed by atoms with Crippen LogP contribution in [0.2, 0.25) is 0 Å². The highest BCUT2D eigenvalue weighted by Gasteiger charge is 2.16. The summed E-state index contributed by atoms with van der Waals surface area (Å²) in [6.45, 7) is 7.87. The molecule has 0 saturated carbocycles. The van der Waals surface area contributed by atoms with Crippen molar-refractivity contribution >= 4 is 16.7 Å². The molecule has 1 aromatic heterocycles. The number of imidazole rings is 1. The predicted molar refractivity (Wildman–Crippen MR) is 68.2 cm³/mol. The summed E-state index contributed by atoms with van der Waals surface area (Å²) in [6, 6.07) is 4.71. The molecule has 2 rings (SSSR count). The lowest BCUT2D eigenvalue weighted by Gasteiger charge is -2.13. The van der Waals surface area contributed by atoms with Gasteiger partial charge in [0.2, 0.25) is 0 Å². The van der Waals surface area contributed by atoms with Gasteiger partial charge in [-0.2, -0.15) is 0 Å². The van der Waals surface area contributed by atoms with Gasteiger partial charge in [0.15, 0.2) is 0 Å². The number of hydrogen-bond donors (Lipinski definition) is 1. The van der Waals surface area contributed by atoms with E-state index in [0.29, 0.717) is 5.52 Å². The Balaban J connectivity index is 2.74. The SMILES string of the molecule is C=C(C)n1c(C(C)NC)nc2cc(F)ccc21. The van der Waals surface area contributed by atoms with Crippen LogP contribution in [0.3, 0.4) is 0 Å². The van der Waals surface area contributed by atoms with E-state index in [4.69, 9.17) is 0 Å². The number of allylic oxidation sites excluding steroid dienone is 1. The van der Waals surface area contributed by atoms with Crippen molar-refractivity contribution in [3.05, 3.63) is 36.4 Å². The number of fused-ring (bicyclic) bond motifs is 1. The van der Waals surface area contributed by atoms with Gasteiger partial charge in [-0.25, -0.2) is 9.37 Å². The summed E-state index contributed by atoms with van der Waals surface area (Å²) in [5.41, 5.74) is 2.41. The highest BCUT2D eigenvalue weighted by Crippen LogP contribution is 2.24. The fourth-order valence-electron chi connectivity index (χ4n) is 1.89. The van der Waals surface area contributed by atoms with Crippen molar-refractivity contribution in [2.75, 3.05) is 7.05 Å². The smallest absolute Gasteiger partial charge is 0.131 e. The van der Waals surface area contributed by atoms with E-state index in [1.165, 1.54) is 12.1 Å². The zero-order chi connectivity index (χ0) is 12.6. The maximum absolute atomic E-state index is 13.2. The first kappa shape index (κ1) is 11.8. The van der Waals surface area contributed by atoms with E-state index in [1.807, 2.05) is 25.5 Å². The van der Waals surface area contributed by atoms with Crippen LogP contribution in [-0.4, -0.2) is 16.6 Å². The maximum Gasteiger partial charge on any atom is 0.131 e. The molecular formula is C13H16FN3. The van der Waals surface area contributed by atoms with E-state index in [-0.39, 0.29) is 11.9 Å². The normalized spacial score (nSPS) is 12.9. The number of nitrogens with one attached hydrogen (secondary N) is 1. The molecule has 1 atom stereocenters. The Morgan fingerprint density at radius 2 is 2.24 bits per heavy atom. The third kappa shape index (κ3) is 1.96. The first-order valence-electron chi connectivity index (χ1n) is 5.55. The van der Waals surface area contributed by atoms with Gasteiger partial charge in [-0.15, -0.1) is 0 Å². The van der Waals surface area contributed by atoms with Crippen LogP contribution in [-0.2, 0) is 0 Å². The van der Waals surface area contributed by atoms with Gasteiger partial charge in [0, 0.05) is 11.8 Å². The van der Waals surface area contributed by atoms with Gasteiger partial charge in [-0.05, 0) is 33.0 Å². The number of nitrogens with zero attached hydrogens (tertiary/aromatic N) is 2. The second-order valence-electron chi connectivity index (χ2n) is 4.18. The zero-order valence-corrected chi connectivity index (χ0v) is 10.3. The van der Waals surface area contributed by atoms with Crippen molar-refractivity contribution in [2.24, 2.45) is 0 Å². The minimum atomic E-state index is -0.271. The van der Waals surface area contributed by atoms with Crippen molar-refractivity contribution in [1.29, 1.82) is 0 Å². The molecule has 0 amide bonds. The molecule has 0 aliphatic carbocycles. The first-order chi connectivity index (χ1) is 8.04. The average molecular weight is 233 g/mol. The first-order valence-corrected chi connectivity index (χ1v) is 5.55.